The molecule has 8 heteroatoms. The lowest BCUT2D eigenvalue weighted by molar-refractivity contribution is -0.162. The van der Waals surface area contributed by atoms with Gasteiger partial charge in [0.05, 0.1) is 24.7 Å². The summed E-state index contributed by atoms with van der Waals surface area (Å²) < 4.78 is 12.1. The van der Waals surface area contributed by atoms with Crippen LogP contribution in [0.25, 0.3) is 0 Å². The van der Waals surface area contributed by atoms with Crippen molar-refractivity contribution in [1.82, 2.24) is 9.80 Å². The van der Waals surface area contributed by atoms with Gasteiger partial charge in [-0.3, -0.25) is 14.4 Å². The van der Waals surface area contributed by atoms with Crippen molar-refractivity contribution in [2.75, 3.05) is 32.8 Å². The number of amides is 2. The Morgan fingerprint density at radius 3 is 2.67 bits per heavy atom. The molecule has 2 unspecified atom stereocenters. The van der Waals surface area contributed by atoms with Gasteiger partial charge in [-0.2, -0.15) is 0 Å². The van der Waals surface area contributed by atoms with Crippen LogP contribution in [0, 0.1) is 11.8 Å². The molecule has 1 N–H and O–H groups in total. The van der Waals surface area contributed by atoms with Crippen molar-refractivity contribution in [2.24, 2.45) is 11.8 Å². The number of ether oxygens (including phenoxy) is 2. The summed E-state index contributed by atoms with van der Waals surface area (Å²) in [6, 6.07) is -0.877. The van der Waals surface area contributed by atoms with E-state index < -0.39 is 35.0 Å². The fraction of sp³-hybridized carbons (Fsp3) is 0.720. The van der Waals surface area contributed by atoms with Crippen molar-refractivity contribution < 1.29 is 29.0 Å². The molecular weight excluding hydrogens is 424 g/mol. The van der Waals surface area contributed by atoms with E-state index in [2.05, 4.69) is 20.1 Å². The zero-order chi connectivity index (χ0) is 24.2. The van der Waals surface area contributed by atoms with Crippen LogP contribution in [0.2, 0.25) is 0 Å². The van der Waals surface area contributed by atoms with Crippen molar-refractivity contribution in [3.05, 3.63) is 25.3 Å². The topological polar surface area (TPSA) is 96.4 Å². The fourth-order valence-corrected chi connectivity index (χ4v) is 6.01. The molecule has 2 amide bonds. The summed E-state index contributed by atoms with van der Waals surface area (Å²) in [7, 11) is 0. The molecule has 0 aromatic heterocycles. The molecule has 0 aliphatic carbocycles. The van der Waals surface area contributed by atoms with Crippen LogP contribution < -0.4 is 0 Å². The van der Waals surface area contributed by atoms with Crippen LogP contribution in [0.4, 0.5) is 0 Å². The van der Waals surface area contributed by atoms with Crippen molar-refractivity contribution in [2.45, 2.75) is 69.6 Å². The number of β-amino-alcohol motifs (C(OH)–C–C–N with tert-alkyl or cyclic N) is 1. The number of nitrogens with zero attached hydrogens (tertiary/aromatic N) is 2. The van der Waals surface area contributed by atoms with Gasteiger partial charge in [-0.15, -0.1) is 13.2 Å². The molecule has 3 saturated heterocycles. The number of carbonyl (C=O) groups excluding carboxylic acids is 3. The molecule has 5 atom stereocenters. The number of rotatable bonds is 13. The minimum atomic E-state index is -1.09. The lowest BCUT2D eigenvalue weighted by Crippen LogP contribution is -2.56. The van der Waals surface area contributed by atoms with Gasteiger partial charge in [0.1, 0.15) is 17.6 Å². The molecule has 3 aliphatic rings. The highest BCUT2D eigenvalue weighted by molar-refractivity contribution is 5.98. The van der Waals surface area contributed by atoms with Crippen molar-refractivity contribution in [3.63, 3.8) is 0 Å². The highest BCUT2D eigenvalue weighted by Crippen LogP contribution is 2.64. The van der Waals surface area contributed by atoms with Crippen molar-refractivity contribution >= 4 is 17.8 Å². The Balaban J connectivity index is 2.01. The molecule has 3 heterocycles. The predicted octanol–water partition coefficient (Wildman–Crippen LogP) is 2.07. The van der Waals surface area contributed by atoms with E-state index in [1.165, 1.54) is 4.90 Å². The van der Waals surface area contributed by atoms with E-state index >= 15 is 0 Å². The number of aliphatic hydroxyl groups is 1. The van der Waals surface area contributed by atoms with Gasteiger partial charge in [0, 0.05) is 19.6 Å². The van der Waals surface area contributed by atoms with Crippen LogP contribution in [0.15, 0.2) is 25.3 Å². The van der Waals surface area contributed by atoms with Gasteiger partial charge in [-0.05, 0) is 32.1 Å². The molecule has 3 rings (SSSR count). The molecule has 184 valence electrons. The van der Waals surface area contributed by atoms with Crippen molar-refractivity contribution in [1.29, 1.82) is 0 Å². The number of hydrogen-bond acceptors (Lipinski definition) is 6. The van der Waals surface area contributed by atoms with Crippen LogP contribution in [-0.2, 0) is 23.9 Å². The molecule has 0 radical (unpaired) electrons. The third-order valence-corrected chi connectivity index (χ3v) is 7.52. The molecule has 2 bridgehead atoms. The van der Waals surface area contributed by atoms with Gasteiger partial charge in [0.2, 0.25) is 11.8 Å². The van der Waals surface area contributed by atoms with Crippen LogP contribution in [-0.4, -0.2) is 82.8 Å². The van der Waals surface area contributed by atoms with Gasteiger partial charge in [-0.1, -0.05) is 32.4 Å². The molecule has 1 spiro atoms. The Hall–Kier alpha value is -2.19. The van der Waals surface area contributed by atoms with E-state index in [0.717, 1.165) is 12.8 Å². The number of aliphatic hydroxyl groups excluding tert-OH is 1. The summed E-state index contributed by atoms with van der Waals surface area (Å²) >= 11 is 0. The smallest absolute Gasteiger partial charge is 0.312 e. The Morgan fingerprint density at radius 2 is 2.06 bits per heavy atom. The van der Waals surface area contributed by atoms with E-state index in [9.17, 15) is 19.5 Å². The summed E-state index contributed by atoms with van der Waals surface area (Å²) in [6.07, 6.45) is 7.27. The van der Waals surface area contributed by atoms with E-state index in [4.69, 9.17) is 9.47 Å². The maximum atomic E-state index is 13.9. The van der Waals surface area contributed by atoms with Crippen molar-refractivity contribution in [3.8, 4) is 0 Å². The Kier molecular flexibility index (Phi) is 8.00. The lowest BCUT2D eigenvalue weighted by Gasteiger charge is -2.36. The highest BCUT2D eigenvalue weighted by atomic mass is 16.6. The molecule has 0 saturated carbocycles. The zero-order valence-corrected chi connectivity index (χ0v) is 20.0. The van der Waals surface area contributed by atoms with E-state index in [0.29, 0.717) is 38.8 Å². The van der Waals surface area contributed by atoms with Gasteiger partial charge >= 0.3 is 5.97 Å². The Labute approximate surface area is 196 Å². The minimum absolute atomic E-state index is 0.0178. The average Bonchev–Trinajstić information content (AvgIpc) is 3.40. The van der Waals surface area contributed by atoms with Gasteiger partial charge in [0.25, 0.3) is 0 Å². The van der Waals surface area contributed by atoms with Crippen LogP contribution in [0.1, 0.15) is 52.4 Å². The maximum absolute atomic E-state index is 13.9. The number of likely N-dealkylation sites (tertiary alicyclic amines) is 1. The number of esters is 1. The third-order valence-electron chi connectivity index (χ3n) is 7.52. The molecule has 8 nitrogen and oxygen atoms in total. The molecular formula is C25H38N2O6. The van der Waals surface area contributed by atoms with Gasteiger partial charge in [0.15, 0.2) is 0 Å². The number of hydrogen-bond donors (Lipinski definition) is 1. The van der Waals surface area contributed by atoms with Crippen LogP contribution in [0.5, 0.6) is 0 Å². The average molecular weight is 463 g/mol. The zero-order valence-electron chi connectivity index (χ0n) is 20.0. The molecule has 0 aromatic carbocycles. The Bertz CT molecular complexity index is 785. The summed E-state index contributed by atoms with van der Waals surface area (Å²) in [4.78, 5) is 43.9. The number of carbonyl (C=O) groups is 3. The normalized spacial score (nSPS) is 32.0. The van der Waals surface area contributed by atoms with Gasteiger partial charge in [-0.25, -0.2) is 0 Å². The second kappa shape index (κ2) is 10.4. The minimum Gasteiger partial charge on any atom is -0.465 e. The Morgan fingerprint density at radius 1 is 1.30 bits per heavy atom. The summed E-state index contributed by atoms with van der Waals surface area (Å²) in [5.74, 6) is -2.53. The second-order valence-corrected chi connectivity index (χ2v) is 9.26. The standard InChI is InChI=1S/C25H38N2O6/c1-5-9-14-26(13-7-3)22(30)20-25-12-11-24(8-4,33-25)19(23(31)32-17-10-6-2)18(25)21(29)27(20)15-16-28/h6-7,18-20,28H,2-3,5,8-17H2,1,4H3/t18-,19-,20?,24+,25?/m0/s1. The first-order valence-electron chi connectivity index (χ1n) is 12.2. The molecule has 0 aromatic rings. The maximum Gasteiger partial charge on any atom is 0.312 e. The molecule has 3 aliphatic heterocycles. The van der Waals surface area contributed by atoms with E-state index in [-0.39, 0.29) is 31.6 Å². The largest absolute Gasteiger partial charge is 0.465 e. The quantitative estimate of drug-likeness (QED) is 0.256. The van der Waals surface area contributed by atoms with Crippen LogP contribution >= 0.6 is 0 Å². The lowest BCUT2D eigenvalue weighted by atomic mass is 9.65. The summed E-state index contributed by atoms with van der Waals surface area (Å²) in [6.45, 7) is 12.3. The highest BCUT2D eigenvalue weighted by Gasteiger charge is 2.79. The van der Waals surface area contributed by atoms with Crippen LogP contribution in [0.3, 0.4) is 0 Å². The first-order chi connectivity index (χ1) is 15.9. The molecule has 33 heavy (non-hydrogen) atoms. The monoisotopic (exact) mass is 462 g/mol. The number of fused-ring (bicyclic) bond motifs is 1. The SMILES string of the molecule is C=CCCOC(=O)[C@@H]1[C@H]2C(=O)N(CCO)C(C(=O)N(CC=C)CCCC)C23CC[C@@]1(CC)O3. The fourth-order valence-electron chi connectivity index (χ4n) is 6.01. The number of unbranched alkanes of at least 4 members (excludes halogenated alkanes) is 1. The van der Waals surface area contributed by atoms with E-state index in [1.54, 1.807) is 17.1 Å². The first-order valence-corrected chi connectivity index (χ1v) is 12.2. The summed E-state index contributed by atoms with van der Waals surface area (Å²) in [5.41, 5.74) is -1.91. The predicted molar refractivity (Wildman–Crippen MR) is 123 cm³/mol. The van der Waals surface area contributed by atoms with E-state index in [1.807, 2.05) is 6.92 Å². The summed E-state index contributed by atoms with van der Waals surface area (Å²) in [5, 5.41) is 9.70. The molecule has 3 fully saturated rings. The van der Waals surface area contributed by atoms with Gasteiger partial charge < -0.3 is 24.4 Å². The second-order valence-electron chi connectivity index (χ2n) is 9.26. The third kappa shape index (κ3) is 4.12. The first kappa shape index (κ1) is 25.4.